The number of hydrogen-bond acceptors (Lipinski definition) is 12. The number of halogens is 4. The molecule has 8 aliphatic carbocycles. The van der Waals surface area contributed by atoms with Crippen LogP contribution in [0, 0.1) is 62.6 Å². The van der Waals surface area contributed by atoms with Crippen LogP contribution in [0.5, 0.6) is 0 Å². The molecule has 4 N–H and O–H groups in total. The fourth-order valence-electron chi connectivity index (χ4n) is 11.9. The smallest absolute Gasteiger partial charge is 0.397 e. The molecule has 0 aromatic heterocycles. The first-order chi connectivity index (χ1) is 26.6. The van der Waals surface area contributed by atoms with Crippen LogP contribution in [0.15, 0.2) is 0 Å². The van der Waals surface area contributed by atoms with E-state index < -0.39 is 51.5 Å². The average Bonchev–Trinajstić information content (AvgIpc) is 3.16. The first-order valence-corrected chi connectivity index (χ1v) is 24.6. The molecule has 57 heavy (non-hydrogen) atoms. The van der Waals surface area contributed by atoms with Gasteiger partial charge in [-0.1, -0.05) is 0 Å². The van der Waals surface area contributed by atoms with Crippen LogP contribution in [0.25, 0.3) is 0 Å². The molecule has 2 spiro atoms. The van der Waals surface area contributed by atoms with Gasteiger partial charge in [0.05, 0.1) is 50.8 Å². The Balaban J connectivity index is 0.000000175. The Kier molecular flexibility index (Phi) is 12.3. The number of aliphatic hydroxyl groups excluding tert-OH is 4. The molecule has 326 valence electrons. The molecule has 2 saturated heterocycles. The van der Waals surface area contributed by atoms with Crippen molar-refractivity contribution in [3.05, 3.63) is 0 Å². The SMILES string of the molecule is CC(C)(COC(=O)C12CC3CC(C1)C1(SCC(CO)(CO)CS1)C(C3)C2)C(F)(F)F.CC(C)(F)COC(=O)C12CC3CC(C1)C1(SCC(CO)(CO)CS1)C(C3)C2. The Labute approximate surface area is 351 Å². The van der Waals surface area contributed by atoms with Gasteiger partial charge in [-0.15, -0.1) is 47.0 Å². The fraction of sp³-hybridized carbons (Fsp3) is 0.951. The zero-order chi connectivity index (χ0) is 41.5. The molecule has 8 saturated carbocycles. The summed E-state index contributed by atoms with van der Waals surface area (Å²) in [4.78, 5) is 26.0. The molecule has 16 heteroatoms. The minimum Gasteiger partial charge on any atom is -0.464 e. The lowest BCUT2D eigenvalue weighted by molar-refractivity contribution is -0.230. The van der Waals surface area contributed by atoms with Crippen LogP contribution >= 0.6 is 47.0 Å². The summed E-state index contributed by atoms with van der Waals surface area (Å²) in [5.74, 6) is 4.87. The Morgan fingerprint density at radius 1 is 0.561 bits per heavy atom. The predicted molar refractivity (Wildman–Crippen MR) is 217 cm³/mol. The lowest BCUT2D eigenvalue weighted by Crippen LogP contribution is -2.62. The van der Waals surface area contributed by atoms with Gasteiger partial charge in [0.15, 0.2) is 0 Å². The van der Waals surface area contributed by atoms with Crippen LogP contribution in [0.4, 0.5) is 17.6 Å². The number of aliphatic hydroxyl groups is 4. The molecule has 0 radical (unpaired) electrons. The highest BCUT2D eigenvalue weighted by molar-refractivity contribution is 8.19. The zero-order valence-corrected chi connectivity index (χ0v) is 36.9. The van der Waals surface area contributed by atoms with Gasteiger partial charge in [0.25, 0.3) is 0 Å². The molecular formula is C41H62F4O8S4. The first kappa shape index (κ1) is 44.9. The van der Waals surface area contributed by atoms with Crippen molar-refractivity contribution >= 4 is 59.0 Å². The fourth-order valence-corrected chi connectivity index (χ4v) is 20.1. The standard InChI is InChI=1S/C21H31F3O4S2.C20H31FO4S2/c1-17(2,21(22,23)24)10-28-16(27)19-5-13-3-14(6-19)20(15(4-13)7-19)29-11-18(8-25,9-26)12-30-20;1-17(2,21)10-25-16(24)19-5-13-3-14(6-19)20(15(4-13)7-19)26-11-18(8-22,9-23)12-27-20/h13-15,25-26H,3-12H2,1-2H3;13-15,22-23H,3-12H2,1-2H3. The van der Waals surface area contributed by atoms with E-state index in [0.29, 0.717) is 59.9 Å². The summed E-state index contributed by atoms with van der Waals surface area (Å²) in [7, 11) is 0. The minimum atomic E-state index is -4.42. The molecule has 10 aliphatic rings. The zero-order valence-electron chi connectivity index (χ0n) is 33.7. The van der Waals surface area contributed by atoms with Crippen LogP contribution in [-0.2, 0) is 19.1 Å². The maximum absolute atomic E-state index is 13.8. The van der Waals surface area contributed by atoms with Gasteiger partial charge in [-0.2, -0.15) is 13.2 Å². The number of carbonyl (C=O) groups excluding carboxylic acids is 2. The molecule has 0 amide bonds. The third-order valence-corrected chi connectivity index (χ3v) is 24.1. The second kappa shape index (κ2) is 15.6. The van der Waals surface area contributed by atoms with E-state index in [4.69, 9.17) is 9.47 Å². The molecule has 4 unspecified atom stereocenters. The molecule has 0 aromatic carbocycles. The largest absolute Gasteiger partial charge is 0.464 e. The summed E-state index contributed by atoms with van der Waals surface area (Å²) in [6.45, 7) is 4.18. The Hall–Kier alpha value is -0.100. The van der Waals surface area contributed by atoms with Crippen LogP contribution in [0.3, 0.4) is 0 Å². The summed E-state index contributed by atoms with van der Waals surface area (Å²) in [5.41, 5.74) is -5.47. The molecular weight excluding hydrogens is 825 g/mol. The van der Waals surface area contributed by atoms with Crippen LogP contribution in [-0.4, -0.2) is 115 Å². The van der Waals surface area contributed by atoms with Crippen LogP contribution in [0.1, 0.15) is 91.9 Å². The van der Waals surface area contributed by atoms with Crippen molar-refractivity contribution in [1.29, 1.82) is 0 Å². The number of carbonyl (C=O) groups is 2. The van der Waals surface area contributed by atoms with Crippen molar-refractivity contribution in [2.75, 3.05) is 62.7 Å². The number of esters is 2. The number of thioether (sulfide) groups is 4. The van der Waals surface area contributed by atoms with Crippen molar-refractivity contribution in [3.63, 3.8) is 0 Å². The Morgan fingerprint density at radius 2 is 0.877 bits per heavy atom. The maximum Gasteiger partial charge on any atom is 0.397 e. The van der Waals surface area contributed by atoms with Crippen molar-refractivity contribution in [1.82, 2.24) is 0 Å². The highest BCUT2D eigenvalue weighted by Gasteiger charge is 2.68. The number of rotatable bonds is 10. The van der Waals surface area contributed by atoms with Crippen LogP contribution < -0.4 is 0 Å². The third-order valence-electron chi connectivity index (χ3n) is 15.2. The summed E-state index contributed by atoms with van der Waals surface area (Å²) < 4.78 is 64.2. The lowest BCUT2D eigenvalue weighted by Gasteiger charge is -2.65. The van der Waals surface area contributed by atoms with Gasteiger partial charge in [0, 0.05) is 33.8 Å². The topological polar surface area (TPSA) is 134 Å². The second-order valence-corrected chi connectivity index (χ2v) is 26.3. The second-order valence-electron chi connectivity index (χ2n) is 20.7. The van der Waals surface area contributed by atoms with E-state index in [0.717, 1.165) is 76.7 Å². The van der Waals surface area contributed by atoms with E-state index in [1.807, 2.05) is 47.0 Å². The normalized spacial score (nSPS) is 37.8. The molecule has 10 fully saturated rings. The van der Waals surface area contributed by atoms with Gasteiger partial charge in [-0.05, 0) is 127 Å². The van der Waals surface area contributed by atoms with Gasteiger partial charge >= 0.3 is 18.1 Å². The van der Waals surface area contributed by atoms with Crippen molar-refractivity contribution < 1.29 is 57.1 Å². The maximum atomic E-state index is 13.8. The third kappa shape index (κ3) is 7.95. The lowest BCUT2D eigenvalue weighted by atomic mass is 9.49. The van der Waals surface area contributed by atoms with E-state index in [-0.39, 0.29) is 47.2 Å². The highest BCUT2D eigenvalue weighted by Crippen LogP contribution is 2.74. The Morgan fingerprint density at radius 3 is 1.16 bits per heavy atom. The molecule has 2 aliphatic heterocycles. The average molecular weight is 887 g/mol. The monoisotopic (exact) mass is 886 g/mol. The molecule has 4 atom stereocenters. The van der Waals surface area contributed by atoms with E-state index in [2.05, 4.69) is 0 Å². The summed E-state index contributed by atoms with van der Waals surface area (Å²) in [6, 6.07) is 0. The van der Waals surface area contributed by atoms with Gasteiger partial charge in [-0.3, -0.25) is 9.59 Å². The van der Waals surface area contributed by atoms with E-state index >= 15 is 0 Å². The first-order valence-electron chi connectivity index (χ1n) is 20.7. The van der Waals surface area contributed by atoms with E-state index in [9.17, 15) is 47.6 Å². The summed E-state index contributed by atoms with van der Waals surface area (Å²) in [5, 5.41) is 39.0. The summed E-state index contributed by atoms with van der Waals surface area (Å²) >= 11 is 7.49. The molecule has 8 bridgehead atoms. The quantitative estimate of drug-likeness (QED) is 0.129. The van der Waals surface area contributed by atoms with E-state index in [1.165, 1.54) is 13.8 Å². The van der Waals surface area contributed by atoms with Gasteiger partial charge in [0.1, 0.15) is 18.9 Å². The van der Waals surface area contributed by atoms with Crippen LogP contribution in [0.2, 0.25) is 0 Å². The predicted octanol–water partition coefficient (Wildman–Crippen LogP) is 7.34. The van der Waals surface area contributed by atoms with Gasteiger partial charge in [-0.25, -0.2) is 4.39 Å². The number of hydrogen-bond donors (Lipinski definition) is 4. The molecule has 8 nitrogen and oxygen atoms in total. The van der Waals surface area contributed by atoms with Crippen molar-refractivity contribution in [2.24, 2.45) is 62.6 Å². The molecule has 2 heterocycles. The molecule has 10 rings (SSSR count). The van der Waals surface area contributed by atoms with Gasteiger partial charge < -0.3 is 29.9 Å². The Bertz CT molecular complexity index is 1460. The highest BCUT2D eigenvalue weighted by atomic mass is 32.2. The number of ether oxygens (including phenoxy) is 2. The van der Waals surface area contributed by atoms with Gasteiger partial charge in [0.2, 0.25) is 0 Å². The minimum absolute atomic E-state index is 0.0141. The van der Waals surface area contributed by atoms with Crippen molar-refractivity contribution in [2.45, 2.75) is 112 Å². The molecule has 0 aromatic rings. The van der Waals surface area contributed by atoms with E-state index in [1.54, 1.807) is 0 Å². The van der Waals surface area contributed by atoms with Crippen molar-refractivity contribution in [3.8, 4) is 0 Å². The number of alkyl halides is 4. The summed E-state index contributed by atoms with van der Waals surface area (Å²) in [6.07, 6.45) is 4.66.